The van der Waals surface area contributed by atoms with E-state index in [1.165, 1.54) is 24.0 Å². The molecular weight excluding hydrogens is 204 g/mol. The van der Waals surface area contributed by atoms with Gasteiger partial charge in [0.1, 0.15) is 0 Å². The fraction of sp³-hybridized carbons (Fsp3) is 0.647. The van der Waals surface area contributed by atoms with E-state index in [1.807, 2.05) is 0 Å². The third-order valence-electron chi connectivity index (χ3n) is 3.71. The molecule has 0 aromatic heterocycles. The van der Waals surface area contributed by atoms with Crippen LogP contribution in [-0.4, -0.2) is 0 Å². The SMILES string of the molecule is CC(C)(C)c1ccc(C2CC2)cc1C(C)(C)C. The third kappa shape index (κ3) is 2.73. The fourth-order valence-corrected chi connectivity index (χ4v) is 2.51. The zero-order valence-electron chi connectivity index (χ0n) is 12.2. The zero-order valence-corrected chi connectivity index (χ0v) is 12.2. The van der Waals surface area contributed by atoms with E-state index >= 15 is 0 Å². The summed E-state index contributed by atoms with van der Waals surface area (Å²) in [4.78, 5) is 0. The van der Waals surface area contributed by atoms with Gasteiger partial charge in [-0.3, -0.25) is 0 Å². The Hall–Kier alpha value is -0.780. The predicted octanol–water partition coefficient (Wildman–Crippen LogP) is 5.16. The van der Waals surface area contributed by atoms with Crippen molar-refractivity contribution in [2.75, 3.05) is 0 Å². The monoisotopic (exact) mass is 230 g/mol. The van der Waals surface area contributed by atoms with Gasteiger partial charge in [-0.1, -0.05) is 59.7 Å². The molecule has 2 rings (SSSR count). The first kappa shape index (κ1) is 12.7. The van der Waals surface area contributed by atoms with Crippen molar-refractivity contribution < 1.29 is 0 Å². The van der Waals surface area contributed by atoms with Gasteiger partial charge in [-0.15, -0.1) is 0 Å². The lowest BCUT2D eigenvalue weighted by Gasteiger charge is -2.30. The molecule has 0 saturated heterocycles. The molecule has 0 unspecified atom stereocenters. The molecule has 0 spiro atoms. The second kappa shape index (κ2) is 3.86. The van der Waals surface area contributed by atoms with Gasteiger partial charge in [0.2, 0.25) is 0 Å². The van der Waals surface area contributed by atoms with Crippen LogP contribution in [0.5, 0.6) is 0 Å². The van der Waals surface area contributed by atoms with E-state index in [2.05, 4.69) is 59.7 Å². The van der Waals surface area contributed by atoms with Crippen LogP contribution in [0.15, 0.2) is 18.2 Å². The van der Waals surface area contributed by atoms with Crippen molar-refractivity contribution in [2.45, 2.75) is 71.1 Å². The second-order valence-electron chi connectivity index (χ2n) is 7.58. The van der Waals surface area contributed by atoms with Crippen molar-refractivity contribution in [3.63, 3.8) is 0 Å². The van der Waals surface area contributed by atoms with Crippen LogP contribution in [0.1, 0.15) is 77.0 Å². The van der Waals surface area contributed by atoms with E-state index in [0.717, 1.165) is 5.92 Å². The molecule has 1 aromatic carbocycles. The Kier molecular flexibility index (Phi) is 2.88. The highest BCUT2D eigenvalue weighted by atomic mass is 14.3. The van der Waals surface area contributed by atoms with Crippen molar-refractivity contribution >= 4 is 0 Å². The number of benzene rings is 1. The van der Waals surface area contributed by atoms with Crippen molar-refractivity contribution in [1.82, 2.24) is 0 Å². The van der Waals surface area contributed by atoms with Crippen molar-refractivity contribution in [3.05, 3.63) is 34.9 Å². The molecule has 1 fully saturated rings. The maximum absolute atomic E-state index is 2.47. The summed E-state index contributed by atoms with van der Waals surface area (Å²) in [6.45, 7) is 13.9. The molecular formula is C17H26. The molecule has 0 aliphatic heterocycles. The molecule has 0 radical (unpaired) electrons. The maximum atomic E-state index is 2.47. The van der Waals surface area contributed by atoms with Crippen LogP contribution in [0, 0.1) is 0 Å². The fourth-order valence-electron chi connectivity index (χ4n) is 2.51. The lowest BCUT2D eigenvalue weighted by molar-refractivity contribution is 0.529. The summed E-state index contributed by atoms with van der Waals surface area (Å²) < 4.78 is 0. The lowest BCUT2D eigenvalue weighted by atomic mass is 9.74. The average molecular weight is 230 g/mol. The van der Waals surface area contributed by atoms with Gasteiger partial charge in [0.25, 0.3) is 0 Å². The first-order valence-electron chi connectivity index (χ1n) is 6.84. The van der Waals surface area contributed by atoms with E-state index in [1.54, 1.807) is 5.56 Å². The highest BCUT2D eigenvalue weighted by Crippen LogP contribution is 2.43. The Bertz CT molecular complexity index is 409. The Balaban J connectivity index is 2.52. The summed E-state index contributed by atoms with van der Waals surface area (Å²) in [6.07, 6.45) is 2.77. The van der Waals surface area contributed by atoms with Gasteiger partial charge in [-0.05, 0) is 46.3 Å². The molecule has 1 saturated carbocycles. The Labute approximate surface area is 106 Å². The quantitative estimate of drug-likeness (QED) is 0.625. The minimum Gasteiger partial charge on any atom is -0.0584 e. The largest absolute Gasteiger partial charge is 0.0584 e. The van der Waals surface area contributed by atoms with E-state index in [-0.39, 0.29) is 10.8 Å². The van der Waals surface area contributed by atoms with E-state index in [0.29, 0.717) is 0 Å². The second-order valence-corrected chi connectivity index (χ2v) is 7.58. The lowest BCUT2D eigenvalue weighted by Crippen LogP contribution is -2.22. The van der Waals surface area contributed by atoms with Crippen LogP contribution < -0.4 is 0 Å². The molecule has 0 bridgehead atoms. The van der Waals surface area contributed by atoms with E-state index in [9.17, 15) is 0 Å². The summed E-state index contributed by atoms with van der Waals surface area (Å²) in [5, 5.41) is 0. The first-order valence-corrected chi connectivity index (χ1v) is 6.84. The van der Waals surface area contributed by atoms with Gasteiger partial charge in [0.15, 0.2) is 0 Å². The molecule has 0 amide bonds. The van der Waals surface area contributed by atoms with Crippen molar-refractivity contribution in [3.8, 4) is 0 Å². The van der Waals surface area contributed by atoms with Crippen molar-refractivity contribution in [1.29, 1.82) is 0 Å². The van der Waals surface area contributed by atoms with Crippen LogP contribution in [0.2, 0.25) is 0 Å². The molecule has 0 heteroatoms. The first-order chi connectivity index (χ1) is 7.69. The smallest absolute Gasteiger partial charge is 0.0129 e. The topological polar surface area (TPSA) is 0 Å². The van der Waals surface area contributed by atoms with Gasteiger partial charge in [-0.2, -0.15) is 0 Å². The Morgan fingerprint density at radius 2 is 1.35 bits per heavy atom. The molecule has 0 atom stereocenters. The van der Waals surface area contributed by atoms with Crippen LogP contribution in [0.3, 0.4) is 0 Å². The summed E-state index contributed by atoms with van der Waals surface area (Å²) in [5.41, 5.74) is 5.09. The molecule has 1 aliphatic rings. The van der Waals surface area contributed by atoms with Gasteiger partial charge in [0.05, 0.1) is 0 Å². The Morgan fingerprint density at radius 3 is 1.76 bits per heavy atom. The molecule has 94 valence electrons. The minimum atomic E-state index is 0.241. The third-order valence-corrected chi connectivity index (χ3v) is 3.71. The van der Waals surface area contributed by atoms with E-state index < -0.39 is 0 Å². The summed E-state index contributed by atoms with van der Waals surface area (Å²) in [5.74, 6) is 0.852. The minimum absolute atomic E-state index is 0.241. The van der Waals surface area contributed by atoms with Crippen LogP contribution in [0.25, 0.3) is 0 Å². The molecule has 0 nitrogen and oxygen atoms in total. The van der Waals surface area contributed by atoms with Crippen LogP contribution in [0.4, 0.5) is 0 Å². The van der Waals surface area contributed by atoms with Gasteiger partial charge < -0.3 is 0 Å². The maximum Gasteiger partial charge on any atom is -0.0129 e. The zero-order chi connectivity index (χ0) is 12.8. The summed E-state index contributed by atoms with van der Waals surface area (Å²) >= 11 is 0. The molecule has 1 aliphatic carbocycles. The van der Waals surface area contributed by atoms with Crippen LogP contribution >= 0.6 is 0 Å². The summed E-state index contributed by atoms with van der Waals surface area (Å²) in [7, 11) is 0. The number of rotatable bonds is 1. The molecule has 1 aromatic rings. The normalized spacial score (nSPS) is 17.3. The number of hydrogen-bond donors (Lipinski definition) is 0. The van der Waals surface area contributed by atoms with Gasteiger partial charge >= 0.3 is 0 Å². The average Bonchev–Trinajstić information content (AvgIpc) is 2.97. The van der Waals surface area contributed by atoms with Gasteiger partial charge in [0, 0.05) is 0 Å². The standard InChI is InChI=1S/C17H26/c1-16(2,3)14-10-9-13(12-7-8-12)11-15(14)17(4,5)6/h9-12H,7-8H2,1-6H3. The van der Waals surface area contributed by atoms with Crippen LogP contribution in [-0.2, 0) is 10.8 Å². The molecule has 0 heterocycles. The molecule has 0 N–H and O–H groups in total. The highest BCUT2D eigenvalue weighted by molar-refractivity contribution is 5.42. The summed E-state index contributed by atoms with van der Waals surface area (Å²) in [6, 6.07) is 7.19. The van der Waals surface area contributed by atoms with Gasteiger partial charge in [-0.25, -0.2) is 0 Å². The predicted molar refractivity (Wildman–Crippen MR) is 75.8 cm³/mol. The highest BCUT2D eigenvalue weighted by Gasteiger charge is 2.29. The molecule has 17 heavy (non-hydrogen) atoms. The number of hydrogen-bond acceptors (Lipinski definition) is 0. The van der Waals surface area contributed by atoms with E-state index in [4.69, 9.17) is 0 Å². The van der Waals surface area contributed by atoms with Crippen molar-refractivity contribution in [2.24, 2.45) is 0 Å². The Morgan fingerprint density at radius 1 is 0.824 bits per heavy atom.